The van der Waals surface area contributed by atoms with Gasteiger partial charge in [-0.1, -0.05) is 270 Å². The zero-order chi connectivity index (χ0) is 49.3. The molecule has 0 aliphatic carbocycles. The van der Waals surface area contributed by atoms with E-state index in [2.05, 4.69) is 45.1 Å². The summed E-state index contributed by atoms with van der Waals surface area (Å²) < 4.78 is 16.9. The largest absolute Gasteiger partial charge is 0.462 e. The molecular formula is C62H116O6. The normalized spacial score (nSPS) is 12.1. The molecule has 400 valence electrons. The van der Waals surface area contributed by atoms with Crippen LogP contribution in [0.5, 0.6) is 0 Å². The van der Waals surface area contributed by atoms with E-state index in [1.165, 1.54) is 231 Å². The van der Waals surface area contributed by atoms with E-state index in [1.807, 2.05) is 0 Å². The lowest BCUT2D eigenvalue weighted by atomic mass is 10.0. The van der Waals surface area contributed by atoms with Gasteiger partial charge in [0.15, 0.2) is 6.10 Å². The summed E-state index contributed by atoms with van der Waals surface area (Å²) in [6.07, 6.45) is 67.4. The Morgan fingerprint density at radius 3 is 0.735 bits per heavy atom. The first-order chi connectivity index (χ1) is 33.5. The lowest BCUT2D eigenvalue weighted by Crippen LogP contribution is -2.30. The van der Waals surface area contributed by atoms with Crippen LogP contribution in [0.3, 0.4) is 0 Å². The zero-order valence-corrected chi connectivity index (χ0v) is 45.9. The van der Waals surface area contributed by atoms with Crippen molar-refractivity contribution in [3.05, 3.63) is 24.3 Å². The summed E-state index contributed by atoms with van der Waals surface area (Å²) in [6.45, 7) is 6.68. The third-order valence-electron chi connectivity index (χ3n) is 13.7. The average molecular weight is 958 g/mol. The maximum Gasteiger partial charge on any atom is 0.306 e. The number of carbonyl (C=O) groups excluding carboxylic acids is 3. The fraction of sp³-hybridized carbons (Fsp3) is 0.887. The molecule has 0 aromatic carbocycles. The van der Waals surface area contributed by atoms with Crippen molar-refractivity contribution in [2.24, 2.45) is 0 Å². The third-order valence-corrected chi connectivity index (χ3v) is 13.7. The highest BCUT2D eigenvalue weighted by Gasteiger charge is 2.19. The molecule has 0 N–H and O–H groups in total. The Morgan fingerprint density at radius 1 is 0.279 bits per heavy atom. The van der Waals surface area contributed by atoms with Crippen LogP contribution in [0.4, 0.5) is 0 Å². The molecule has 1 atom stereocenters. The molecule has 6 nitrogen and oxygen atoms in total. The molecular weight excluding hydrogens is 841 g/mol. The van der Waals surface area contributed by atoms with E-state index in [-0.39, 0.29) is 31.1 Å². The van der Waals surface area contributed by atoms with Crippen LogP contribution >= 0.6 is 0 Å². The summed E-state index contributed by atoms with van der Waals surface area (Å²) in [5.41, 5.74) is 0. The second-order valence-corrected chi connectivity index (χ2v) is 20.6. The van der Waals surface area contributed by atoms with Gasteiger partial charge in [-0.25, -0.2) is 0 Å². The molecule has 0 spiro atoms. The van der Waals surface area contributed by atoms with E-state index >= 15 is 0 Å². The van der Waals surface area contributed by atoms with Crippen molar-refractivity contribution in [2.45, 2.75) is 341 Å². The lowest BCUT2D eigenvalue weighted by Gasteiger charge is -2.18. The lowest BCUT2D eigenvalue weighted by molar-refractivity contribution is -0.167. The zero-order valence-electron chi connectivity index (χ0n) is 45.9. The molecule has 68 heavy (non-hydrogen) atoms. The van der Waals surface area contributed by atoms with Crippen molar-refractivity contribution in [1.82, 2.24) is 0 Å². The second-order valence-electron chi connectivity index (χ2n) is 20.6. The quantitative estimate of drug-likeness (QED) is 0.0262. The summed E-state index contributed by atoms with van der Waals surface area (Å²) in [5, 5.41) is 0. The van der Waals surface area contributed by atoms with Gasteiger partial charge in [0, 0.05) is 19.3 Å². The smallest absolute Gasteiger partial charge is 0.306 e. The summed E-state index contributed by atoms with van der Waals surface area (Å²) in [4.78, 5) is 38.2. The van der Waals surface area contributed by atoms with Crippen LogP contribution in [-0.2, 0) is 28.6 Å². The summed E-state index contributed by atoms with van der Waals surface area (Å²) >= 11 is 0. The number of unbranched alkanes of at least 4 members (excludes halogenated alkanes) is 41. The van der Waals surface area contributed by atoms with Gasteiger partial charge in [0.1, 0.15) is 13.2 Å². The van der Waals surface area contributed by atoms with E-state index in [9.17, 15) is 14.4 Å². The molecule has 0 amide bonds. The van der Waals surface area contributed by atoms with Crippen LogP contribution in [0.1, 0.15) is 335 Å². The fourth-order valence-electron chi connectivity index (χ4n) is 9.08. The van der Waals surface area contributed by atoms with Crippen molar-refractivity contribution >= 4 is 17.9 Å². The summed E-state index contributed by atoms with van der Waals surface area (Å²) in [5.74, 6) is -0.861. The molecule has 0 aliphatic rings. The topological polar surface area (TPSA) is 78.9 Å². The average Bonchev–Trinajstić information content (AvgIpc) is 3.34. The van der Waals surface area contributed by atoms with Gasteiger partial charge in [-0.2, -0.15) is 0 Å². The molecule has 0 aliphatic heterocycles. The van der Waals surface area contributed by atoms with Gasteiger partial charge in [-0.15, -0.1) is 0 Å². The Labute approximate surface area is 423 Å². The minimum atomic E-state index is -0.773. The van der Waals surface area contributed by atoms with Crippen molar-refractivity contribution in [3.63, 3.8) is 0 Å². The molecule has 1 unspecified atom stereocenters. The molecule has 0 radical (unpaired) electrons. The number of esters is 3. The van der Waals surface area contributed by atoms with Crippen LogP contribution in [0, 0.1) is 0 Å². The molecule has 0 rings (SSSR count). The van der Waals surface area contributed by atoms with Gasteiger partial charge in [-0.3, -0.25) is 14.4 Å². The minimum absolute atomic E-state index is 0.0716. The summed E-state index contributed by atoms with van der Waals surface area (Å²) in [6, 6.07) is 0. The van der Waals surface area contributed by atoms with E-state index in [4.69, 9.17) is 14.2 Å². The predicted octanol–water partition coefficient (Wildman–Crippen LogP) is 20.3. The van der Waals surface area contributed by atoms with E-state index in [0.717, 1.165) is 64.2 Å². The Hall–Kier alpha value is -2.11. The Bertz CT molecular complexity index is 1100. The molecule has 0 heterocycles. The predicted molar refractivity (Wildman–Crippen MR) is 293 cm³/mol. The van der Waals surface area contributed by atoms with Crippen LogP contribution < -0.4 is 0 Å². The molecule has 0 bridgehead atoms. The van der Waals surface area contributed by atoms with Crippen LogP contribution in [0.2, 0.25) is 0 Å². The number of hydrogen-bond acceptors (Lipinski definition) is 6. The fourth-order valence-corrected chi connectivity index (χ4v) is 9.08. The first-order valence-electron chi connectivity index (χ1n) is 30.3. The molecule has 0 saturated heterocycles. The molecule has 0 aromatic rings. The Morgan fingerprint density at radius 2 is 0.485 bits per heavy atom. The minimum Gasteiger partial charge on any atom is -0.462 e. The number of rotatable bonds is 56. The monoisotopic (exact) mass is 957 g/mol. The molecule has 6 heteroatoms. The highest BCUT2D eigenvalue weighted by atomic mass is 16.6. The third kappa shape index (κ3) is 54.8. The maximum atomic E-state index is 12.9. The summed E-state index contributed by atoms with van der Waals surface area (Å²) in [7, 11) is 0. The Balaban J connectivity index is 4.34. The standard InChI is InChI=1S/C62H116O6/c1-4-7-10-13-16-19-22-25-28-30-32-34-37-40-43-46-49-52-55-61(64)67-58-59(57-66-60(63)54-51-48-45-42-39-36-33-27-24-21-18-15-12-9-6-3)68-62(65)56-53-50-47-44-41-38-35-31-29-26-23-20-17-14-11-8-5-2/h27-28,30,33,59H,4-26,29,31-32,34-58H2,1-3H3/b30-28-,33-27-. The van der Waals surface area contributed by atoms with Gasteiger partial charge in [0.05, 0.1) is 0 Å². The van der Waals surface area contributed by atoms with Crippen molar-refractivity contribution in [3.8, 4) is 0 Å². The van der Waals surface area contributed by atoms with Gasteiger partial charge in [0.25, 0.3) is 0 Å². The molecule has 0 aromatic heterocycles. The number of allylic oxidation sites excluding steroid dienone is 4. The number of carbonyl (C=O) groups is 3. The van der Waals surface area contributed by atoms with E-state index < -0.39 is 6.10 Å². The van der Waals surface area contributed by atoms with E-state index in [0.29, 0.717) is 19.3 Å². The molecule has 0 saturated carbocycles. The highest BCUT2D eigenvalue weighted by Crippen LogP contribution is 2.17. The Kier molecular flexibility index (Phi) is 55.7. The van der Waals surface area contributed by atoms with Crippen molar-refractivity contribution in [1.29, 1.82) is 0 Å². The highest BCUT2D eigenvalue weighted by molar-refractivity contribution is 5.71. The van der Waals surface area contributed by atoms with Crippen LogP contribution in [-0.4, -0.2) is 37.2 Å². The molecule has 0 fully saturated rings. The maximum absolute atomic E-state index is 12.9. The second kappa shape index (κ2) is 57.5. The van der Waals surface area contributed by atoms with Crippen LogP contribution in [0.15, 0.2) is 24.3 Å². The SMILES string of the molecule is CCCCCCCC/C=C\CCCCCCCC(=O)OCC(COC(=O)CCCCCCCCC/C=C\CCCCCCCCC)OC(=O)CCCCCCCCCCCCCCCCCCC. The number of ether oxygens (including phenoxy) is 3. The van der Waals surface area contributed by atoms with Gasteiger partial charge < -0.3 is 14.2 Å². The van der Waals surface area contributed by atoms with Gasteiger partial charge >= 0.3 is 17.9 Å². The first-order valence-corrected chi connectivity index (χ1v) is 30.3. The van der Waals surface area contributed by atoms with Gasteiger partial charge in [-0.05, 0) is 70.6 Å². The van der Waals surface area contributed by atoms with Gasteiger partial charge in [0.2, 0.25) is 0 Å². The van der Waals surface area contributed by atoms with E-state index in [1.54, 1.807) is 0 Å². The van der Waals surface area contributed by atoms with Crippen molar-refractivity contribution < 1.29 is 28.6 Å². The number of hydrogen-bond donors (Lipinski definition) is 0. The van der Waals surface area contributed by atoms with Crippen molar-refractivity contribution in [2.75, 3.05) is 13.2 Å². The first kappa shape index (κ1) is 65.9. The van der Waals surface area contributed by atoms with Crippen LogP contribution in [0.25, 0.3) is 0 Å².